The molecule has 0 spiro atoms. The maximum atomic E-state index is 13.3. The Labute approximate surface area is 196 Å². The van der Waals surface area contributed by atoms with Gasteiger partial charge in [0.25, 0.3) is 5.91 Å². The summed E-state index contributed by atoms with van der Waals surface area (Å²) in [5.74, 6) is 0.0484. The van der Waals surface area contributed by atoms with Crippen LogP contribution in [0.15, 0.2) is 23.1 Å². The number of amides is 2. The Bertz CT molecular complexity index is 958. The molecule has 3 saturated heterocycles. The zero-order chi connectivity index (χ0) is 23.4. The van der Waals surface area contributed by atoms with Crippen LogP contribution in [0, 0.1) is 12.8 Å². The van der Waals surface area contributed by atoms with E-state index in [2.05, 4.69) is 0 Å². The predicted molar refractivity (Wildman–Crippen MR) is 124 cm³/mol. The fraction of sp³-hybridized carbons (Fsp3) is 0.667. The number of aryl methyl sites for hydroxylation is 1. The highest BCUT2D eigenvalue weighted by atomic mass is 32.2. The fourth-order valence-electron chi connectivity index (χ4n) is 4.98. The Morgan fingerprint density at radius 2 is 1.52 bits per heavy atom. The summed E-state index contributed by atoms with van der Waals surface area (Å²) >= 11 is 0. The summed E-state index contributed by atoms with van der Waals surface area (Å²) in [6.45, 7) is 5.95. The second-order valence-electron chi connectivity index (χ2n) is 9.30. The van der Waals surface area contributed by atoms with Crippen LogP contribution in [-0.2, 0) is 19.6 Å². The zero-order valence-corrected chi connectivity index (χ0v) is 20.3. The fourth-order valence-corrected chi connectivity index (χ4v) is 6.41. The molecule has 0 bridgehead atoms. The quantitative estimate of drug-likeness (QED) is 0.664. The highest BCUT2D eigenvalue weighted by molar-refractivity contribution is 7.89. The molecule has 1 aromatic carbocycles. The number of nitrogens with zero attached hydrogens (tertiary/aromatic N) is 3. The maximum absolute atomic E-state index is 13.3. The van der Waals surface area contributed by atoms with Crippen molar-refractivity contribution in [3.8, 4) is 0 Å². The first kappa shape index (κ1) is 24.2. The summed E-state index contributed by atoms with van der Waals surface area (Å²) < 4.78 is 32.8. The highest BCUT2D eigenvalue weighted by Crippen LogP contribution is 2.26. The minimum Gasteiger partial charge on any atom is -0.379 e. The molecular formula is C24H35N3O5S. The van der Waals surface area contributed by atoms with Gasteiger partial charge in [-0.25, -0.2) is 8.42 Å². The van der Waals surface area contributed by atoms with Gasteiger partial charge in [0, 0.05) is 50.7 Å². The van der Waals surface area contributed by atoms with Gasteiger partial charge in [-0.3, -0.25) is 9.59 Å². The van der Waals surface area contributed by atoms with Crippen LogP contribution in [0.5, 0.6) is 0 Å². The summed E-state index contributed by atoms with van der Waals surface area (Å²) in [4.78, 5) is 30.2. The molecule has 4 rings (SSSR count). The lowest BCUT2D eigenvalue weighted by atomic mass is 9.94. The van der Waals surface area contributed by atoms with Gasteiger partial charge in [-0.05, 0) is 50.3 Å². The minimum atomic E-state index is -3.67. The molecule has 3 aliphatic rings. The number of sulfonamides is 1. The van der Waals surface area contributed by atoms with Gasteiger partial charge < -0.3 is 14.5 Å². The molecule has 33 heavy (non-hydrogen) atoms. The van der Waals surface area contributed by atoms with E-state index < -0.39 is 10.0 Å². The zero-order valence-electron chi connectivity index (χ0n) is 19.5. The van der Waals surface area contributed by atoms with Crippen molar-refractivity contribution in [2.45, 2.75) is 50.3 Å². The van der Waals surface area contributed by atoms with Crippen LogP contribution >= 0.6 is 0 Å². The van der Waals surface area contributed by atoms with Crippen LogP contribution in [0.2, 0.25) is 0 Å². The summed E-state index contributed by atoms with van der Waals surface area (Å²) in [7, 11) is -3.67. The lowest BCUT2D eigenvalue weighted by molar-refractivity contribution is -0.136. The Hall–Kier alpha value is -1.97. The minimum absolute atomic E-state index is 0.0266. The molecule has 0 atom stereocenters. The third kappa shape index (κ3) is 5.41. The number of carbonyl (C=O) groups is 2. The van der Waals surface area contributed by atoms with Crippen molar-refractivity contribution in [1.82, 2.24) is 14.1 Å². The molecule has 3 aliphatic heterocycles. The Morgan fingerprint density at radius 1 is 0.879 bits per heavy atom. The predicted octanol–water partition coefficient (Wildman–Crippen LogP) is 2.27. The molecule has 0 N–H and O–H groups in total. The average Bonchev–Trinajstić information content (AvgIpc) is 3.14. The van der Waals surface area contributed by atoms with E-state index in [0.717, 1.165) is 31.5 Å². The number of piperidine rings is 1. The number of rotatable bonds is 4. The van der Waals surface area contributed by atoms with E-state index in [1.54, 1.807) is 17.0 Å². The normalized spacial score (nSPS) is 21.6. The Kier molecular flexibility index (Phi) is 7.71. The van der Waals surface area contributed by atoms with Crippen molar-refractivity contribution in [3.63, 3.8) is 0 Å². The number of hydrogen-bond acceptors (Lipinski definition) is 5. The molecule has 1 aromatic rings. The molecule has 3 heterocycles. The SMILES string of the molecule is Cc1ccc(S(=O)(=O)N2CCOCC2)cc1C(=O)N1CCC(C(=O)N2CCCCCC2)CC1. The van der Waals surface area contributed by atoms with Gasteiger partial charge >= 0.3 is 0 Å². The summed E-state index contributed by atoms with van der Waals surface area (Å²) in [6, 6.07) is 4.79. The van der Waals surface area contributed by atoms with Gasteiger partial charge in [0.05, 0.1) is 18.1 Å². The molecule has 0 aliphatic carbocycles. The van der Waals surface area contributed by atoms with Gasteiger partial charge in [0.15, 0.2) is 0 Å². The van der Waals surface area contributed by atoms with Crippen LogP contribution in [0.25, 0.3) is 0 Å². The first-order valence-corrected chi connectivity index (χ1v) is 13.6. The van der Waals surface area contributed by atoms with Crippen LogP contribution < -0.4 is 0 Å². The number of hydrogen-bond donors (Lipinski definition) is 0. The van der Waals surface area contributed by atoms with Crippen molar-refractivity contribution >= 4 is 21.8 Å². The van der Waals surface area contributed by atoms with E-state index in [1.807, 2.05) is 11.8 Å². The topological polar surface area (TPSA) is 87.2 Å². The lowest BCUT2D eigenvalue weighted by Gasteiger charge is -2.34. The molecular weight excluding hydrogens is 442 g/mol. The van der Waals surface area contributed by atoms with Crippen molar-refractivity contribution in [2.24, 2.45) is 5.92 Å². The van der Waals surface area contributed by atoms with E-state index in [0.29, 0.717) is 57.8 Å². The van der Waals surface area contributed by atoms with E-state index in [1.165, 1.54) is 23.2 Å². The molecule has 0 radical (unpaired) electrons. The molecule has 0 unspecified atom stereocenters. The van der Waals surface area contributed by atoms with Crippen molar-refractivity contribution < 1.29 is 22.7 Å². The molecule has 0 aromatic heterocycles. The van der Waals surface area contributed by atoms with Gasteiger partial charge in [-0.1, -0.05) is 18.9 Å². The highest BCUT2D eigenvalue weighted by Gasteiger charge is 2.32. The van der Waals surface area contributed by atoms with Crippen LogP contribution in [-0.4, -0.2) is 86.8 Å². The Morgan fingerprint density at radius 3 is 2.15 bits per heavy atom. The average molecular weight is 478 g/mol. The van der Waals surface area contributed by atoms with E-state index in [9.17, 15) is 18.0 Å². The molecule has 182 valence electrons. The number of morpholine rings is 1. The summed E-state index contributed by atoms with van der Waals surface area (Å²) in [5.41, 5.74) is 1.17. The second kappa shape index (κ2) is 10.5. The second-order valence-corrected chi connectivity index (χ2v) is 11.2. The molecule has 9 heteroatoms. The molecule has 2 amide bonds. The van der Waals surface area contributed by atoms with Crippen LogP contribution in [0.4, 0.5) is 0 Å². The van der Waals surface area contributed by atoms with Gasteiger partial charge in [-0.2, -0.15) is 4.31 Å². The smallest absolute Gasteiger partial charge is 0.254 e. The third-order valence-electron chi connectivity index (χ3n) is 7.10. The molecule has 8 nitrogen and oxygen atoms in total. The van der Waals surface area contributed by atoms with Crippen molar-refractivity contribution in [1.29, 1.82) is 0 Å². The largest absolute Gasteiger partial charge is 0.379 e. The first-order chi connectivity index (χ1) is 15.9. The van der Waals surface area contributed by atoms with Crippen LogP contribution in [0.3, 0.4) is 0 Å². The van der Waals surface area contributed by atoms with Crippen LogP contribution in [0.1, 0.15) is 54.4 Å². The molecule has 3 fully saturated rings. The number of likely N-dealkylation sites (tertiary alicyclic amines) is 2. The van der Waals surface area contributed by atoms with Gasteiger partial charge in [0.1, 0.15) is 0 Å². The van der Waals surface area contributed by atoms with Gasteiger partial charge in [0.2, 0.25) is 15.9 Å². The third-order valence-corrected chi connectivity index (χ3v) is 8.99. The van der Waals surface area contributed by atoms with Crippen molar-refractivity contribution in [2.75, 3.05) is 52.5 Å². The number of benzene rings is 1. The van der Waals surface area contributed by atoms with E-state index >= 15 is 0 Å². The summed E-state index contributed by atoms with van der Waals surface area (Å²) in [5, 5.41) is 0. The summed E-state index contributed by atoms with van der Waals surface area (Å²) in [6.07, 6.45) is 5.85. The number of carbonyl (C=O) groups excluding carboxylic acids is 2. The maximum Gasteiger partial charge on any atom is 0.254 e. The molecule has 0 saturated carbocycles. The van der Waals surface area contributed by atoms with E-state index in [4.69, 9.17) is 4.74 Å². The van der Waals surface area contributed by atoms with E-state index in [-0.39, 0.29) is 22.6 Å². The first-order valence-electron chi connectivity index (χ1n) is 12.1. The lowest BCUT2D eigenvalue weighted by Crippen LogP contribution is -2.45. The monoisotopic (exact) mass is 477 g/mol. The number of ether oxygens (including phenoxy) is 1. The Balaban J connectivity index is 1.42. The van der Waals surface area contributed by atoms with Crippen molar-refractivity contribution in [3.05, 3.63) is 29.3 Å². The van der Waals surface area contributed by atoms with Gasteiger partial charge in [-0.15, -0.1) is 0 Å². The standard InChI is InChI=1S/C24H35N3O5S/c1-19-6-7-21(33(30,31)27-14-16-32-17-15-27)18-22(19)24(29)26-12-8-20(9-13-26)23(28)25-10-4-2-3-5-11-25/h6-7,18,20H,2-5,8-17H2,1H3.